The molecule has 3 rings (SSSR count). The Morgan fingerprint density at radius 1 is 1.13 bits per heavy atom. The van der Waals surface area contributed by atoms with E-state index in [1.807, 2.05) is 5.38 Å². The number of hydrogen-bond donors (Lipinski definition) is 1. The minimum atomic E-state index is -0.516. The van der Waals surface area contributed by atoms with Crippen LogP contribution in [0.1, 0.15) is 39.1 Å². The van der Waals surface area contributed by atoms with Gasteiger partial charge in [-0.05, 0) is 18.2 Å². The first kappa shape index (κ1) is 21.8. The summed E-state index contributed by atoms with van der Waals surface area (Å²) in [5.41, 5.74) is 1.44. The molecular formula is C21H21FN4O2S2. The summed E-state index contributed by atoms with van der Waals surface area (Å²) in [7, 11) is 0. The molecule has 0 atom stereocenters. The number of carbonyl (C=O) groups is 2. The fraction of sp³-hybridized carbons (Fsp3) is 0.238. The van der Waals surface area contributed by atoms with Crippen LogP contribution in [0.25, 0.3) is 6.08 Å². The third-order valence-corrected chi connectivity index (χ3v) is 5.62. The smallest absolute Gasteiger partial charge is 0.250 e. The Bertz CT molecular complexity index is 1100. The number of thiazole rings is 2. The van der Waals surface area contributed by atoms with Crippen LogP contribution in [-0.2, 0) is 15.0 Å². The highest BCUT2D eigenvalue weighted by Gasteiger charge is 2.21. The Kier molecular flexibility index (Phi) is 6.42. The predicted octanol–water partition coefficient (Wildman–Crippen LogP) is 5.37. The number of nitrogens with one attached hydrogen (secondary N) is 1. The topological polar surface area (TPSA) is 75.2 Å². The van der Waals surface area contributed by atoms with Gasteiger partial charge >= 0.3 is 0 Å². The average molecular weight is 445 g/mol. The molecule has 9 heteroatoms. The van der Waals surface area contributed by atoms with E-state index in [0.29, 0.717) is 16.0 Å². The summed E-state index contributed by atoms with van der Waals surface area (Å²) in [6.45, 7) is 7.51. The lowest BCUT2D eigenvalue weighted by molar-refractivity contribution is -0.116. The summed E-state index contributed by atoms with van der Waals surface area (Å²) in [4.78, 5) is 34.3. The lowest BCUT2D eigenvalue weighted by Gasteiger charge is -2.18. The molecule has 1 N–H and O–H groups in total. The van der Waals surface area contributed by atoms with Crippen molar-refractivity contribution in [1.29, 1.82) is 0 Å². The van der Waals surface area contributed by atoms with Gasteiger partial charge in [-0.1, -0.05) is 32.9 Å². The van der Waals surface area contributed by atoms with Gasteiger partial charge in [0.25, 0.3) is 0 Å². The van der Waals surface area contributed by atoms with Gasteiger partial charge < -0.3 is 0 Å². The summed E-state index contributed by atoms with van der Waals surface area (Å²) >= 11 is 2.55. The fourth-order valence-electron chi connectivity index (χ4n) is 2.48. The van der Waals surface area contributed by atoms with Gasteiger partial charge in [0.05, 0.1) is 17.1 Å². The summed E-state index contributed by atoms with van der Waals surface area (Å²) in [6.07, 6.45) is 2.88. The van der Waals surface area contributed by atoms with Crippen LogP contribution in [0.4, 0.5) is 20.3 Å². The highest BCUT2D eigenvalue weighted by Crippen LogP contribution is 2.31. The van der Waals surface area contributed by atoms with E-state index in [-0.39, 0.29) is 22.9 Å². The Hall–Kier alpha value is -2.91. The zero-order valence-electron chi connectivity index (χ0n) is 17.0. The maximum Gasteiger partial charge on any atom is 0.250 e. The maximum absolute atomic E-state index is 14.1. The Morgan fingerprint density at radius 2 is 1.87 bits per heavy atom. The third-order valence-electron chi connectivity index (χ3n) is 4.02. The van der Waals surface area contributed by atoms with Gasteiger partial charge in [0.2, 0.25) is 11.8 Å². The number of anilines is 3. The van der Waals surface area contributed by atoms with Crippen LogP contribution in [0.5, 0.6) is 0 Å². The highest BCUT2D eigenvalue weighted by molar-refractivity contribution is 7.14. The molecule has 2 aromatic heterocycles. The molecule has 0 saturated heterocycles. The van der Waals surface area contributed by atoms with E-state index in [2.05, 4.69) is 36.1 Å². The molecule has 0 bridgehead atoms. The average Bonchev–Trinajstić information content (AvgIpc) is 3.31. The zero-order valence-corrected chi connectivity index (χ0v) is 18.6. The first-order chi connectivity index (χ1) is 14.1. The first-order valence-corrected chi connectivity index (χ1v) is 10.9. The van der Waals surface area contributed by atoms with Gasteiger partial charge in [-0.25, -0.2) is 14.4 Å². The van der Waals surface area contributed by atoms with E-state index in [4.69, 9.17) is 0 Å². The second-order valence-electron chi connectivity index (χ2n) is 7.47. The van der Waals surface area contributed by atoms with Gasteiger partial charge in [-0.2, -0.15) is 0 Å². The molecule has 0 fully saturated rings. The second-order valence-corrected chi connectivity index (χ2v) is 9.17. The van der Waals surface area contributed by atoms with Crippen LogP contribution in [0.2, 0.25) is 0 Å². The van der Waals surface area contributed by atoms with E-state index in [9.17, 15) is 14.0 Å². The highest BCUT2D eigenvalue weighted by atomic mass is 32.1. The molecule has 156 valence electrons. The molecule has 0 saturated carbocycles. The quantitative estimate of drug-likeness (QED) is 0.537. The Labute approximate surface area is 182 Å². The molecule has 2 amide bonds. The van der Waals surface area contributed by atoms with Crippen molar-refractivity contribution >= 4 is 56.5 Å². The molecular weight excluding hydrogens is 423 g/mol. The van der Waals surface area contributed by atoms with Crippen molar-refractivity contribution in [2.75, 3.05) is 10.2 Å². The van der Waals surface area contributed by atoms with E-state index >= 15 is 0 Å². The van der Waals surface area contributed by atoms with Crippen LogP contribution in [-0.4, -0.2) is 21.8 Å². The van der Waals surface area contributed by atoms with Crippen molar-refractivity contribution < 1.29 is 14.0 Å². The van der Waals surface area contributed by atoms with Crippen molar-refractivity contribution in [3.8, 4) is 0 Å². The number of nitrogens with zero attached hydrogens (tertiary/aromatic N) is 3. The summed E-state index contributed by atoms with van der Waals surface area (Å²) in [5.74, 6) is -1.21. The lowest BCUT2D eigenvalue weighted by Crippen LogP contribution is -2.23. The molecule has 3 aromatic rings. The van der Waals surface area contributed by atoms with Gasteiger partial charge in [-0.3, -0.25) is 19.8 Å². The van der Waals surface area contributed by atoms with Crippen molar-refractivity contribution in [3.63, 3.8) is 0 Å². The van der Waals surface area contributed by atoms with E-state index < -0.39 is 5.82 Å². The number of carbonyl (C=O) groups excluding carboxylic acids is 2. The lowest BCUT2D eigenvalue weighted by atomic mass is 9.93. The predicted molar refractivity (Wildman–Crippen MR) is 120 cm³/mol. The molecule has 1 aromatic carbocycles. The maximum atomic E-state index is 14.1. The second kappa shape index (κ2) is 8.85. The zero-order chi connectivity index (χ0) is 21.9. The van der Waals surface area contributed by atoms with Gasteiger partial charge in [0.1, 0.15) is 5.82 Å². The third kappa shape index (κ3) is 5.17. The first-order valence-electron chi connectivity index (χ1n) is 9.11. The fourth-order valence-corrected chi connectivity index (χ4v) is 4.27. The van der Waals surface area contributed by atoms with Crippen molar-refractivity contribution in [3.05, 3.63) is 58.3 Å². The normalized spacial score (nSPS) is 11.6. The molecule has 6 nitrogen and oxygen atoms in total. The Balaban J connectivity index is 1.72. The standard InChI is InChI=1S/C21H21FN4O2S2/c1-13(27)26(16-8-6-5-7-15(16)22)20-23-14(11-30-20)9-10-18(28)25-19-24-17(12-29-19)21(2,3)4/h5-12H,1-4H3,(H,24,25,28)/b10-9+. The van der Waals surface area contributed by atoms with E-state index in [1.165, 1.54) is 58.8 Å². The summed E-state index contributed by atoms with van der Waals surface area (Å²) in [5, 5.41) is 7.19. The molecule has 0 aliphatic heterocycles. The monoisotopic (exact) mass is 444 g/mol. The number of hydrogen-bond acceptors (Lipinski definition) is 6. The number of aromatic nitrogens is 2. The number of halogens is 1. The minimum Gasteiger partial charge on any atom is -0.298 e. The van der Waals surface area contributed by atoms with Crippen LogP contribution < -0.4 is 10.2 Å². The number of amides is 2. The Morgan fingerprint density at radius 3 is 2.50 bits per heavy atom. The number of para-hydroxylation sites is 1. The minimum absolute atomic E-state index is 0.0902. The van der Waals surface area contributed by atoms with E-state index in [1.54, 1.807) is 17.5 Å². The largest absolute Gasteiger partial charge is 0.298 e. The number of benzene rings is 1. The summed E-state index contributed by atoms with van der Waals surface area (Å²) in [6, 6.07) is 6.00. The van der Waals surface area contributed by atoms with Crippen molar-refractivity contribution in [2.45, 2.75) is 33.1 Å². The molecule has 0 unspecified atom stereocenters. The van der Waals surface area contributed by atoms with Gasteiger partial charge in [0.15, 0.2) is 10.3 Å². The van der Waals surface area contributed by atoms with Crippen LogP contribution in [0, 0.1) is 5.82 Å². The molecule has 30 heavy (non-hydrogen) atoms. The number of rotatable bonds is 5. The van der Waals surface area contributed by atoms with Crippen LogP contribution in [0.15, 0.2) is 41.1 Å². The molecule has 0 spiro atoms. The van der Waals surface area contributed by atoms with Crippen molar-refractivity contribution in [1.82, 2.24) is 9.97 Å². The van der Waals surface area contributed by atoms with Crippen molar-refractivity contribution in [2.24, 2.45) is 0 Å². The summed E-state index contributed by atoms with van der Waals surface area (Å²) < 4.78 is 14.1. The molecule has 2 heterocycles. The van der Waals surface area contributed by atoms with Gasteiger partial charge in [0, 0.05) is 29.2 Å². The molecule has 0 aliphatic rings. The SMILES string of the molecule is CC(=O)N(c1nc(/C=C/C(=O)Nc2nc(C(C)(C)C)cs2)cs1)c1ccccc1F. The van der Waals surface area contributed by atoms with Crippen LogP contribution >= 0.6 is 22.7 Å². The molecule has 0 aliphatic carbocycles. The van der Waals surface area contributed by atoms with Gasteiger partial charge in [-0.15, -0.1) is 22.7 Å². The van der Waals surface area contributed by atoms with E-state index in [0.717, 1.165) is 5.69 Å². The molecule has 0 radical (unpaired) electrons. The van der Waals surface area contributed by atoms with Crippen LogP contribution in [0.3, 0.4) is 0 Å².